The summed E-state index contributed by atoms with van der Waals surface area (Å²) >= 11 is 0. The minimum Gasteiger partial charge on any atom is -0.342 e. The first-order valence-electron chi connectivity index (χ1n) is 4.31. The lowest BCUT2D eigenvalue weighted by molar-refractivity contribution is -0.130. The number of rotatable bonds is 3. The average Bonchev–Trinajstić information content (AvgIpc) is 2.52. The first kappa shape index (κ1) is 9.45. The third-order valence-electron chi connectivity index (χ3n) is 2.21. The van der Waals surface area contributed by atoms with E-state index in [1.165, 1.54) is 0 Å². The molecule has 0 aromatic rings. The Morgan fingerprint density at radius 2 is 2.42 bits per heavy atom. The van der Waals surface area contributed by atoms with Gasteiger partial charge in [-0.15, -0.1) is 0 Å². The van der Waals surface area contributed by atoms with Gasteiger partial charge in [-0.05, 0) is 6.42 Å². The van der Waals surface area contributed by atoms with Crippen LogP contribution in [0.15, 0.2) is 0 Å². The van der Waals surface area contributed by atoms with Gasteiger partial charge in [0.1, 0.15) is 0 Å². The molecule has 1 heterocycles. The second-order valence-electron chi connectivity index (χ2n) is 3.19. The highest BCUT2D eigenvalue weighted by Crippen LogP contribution is 2.16. The Hall–Kier alpha value is -0.640. The zero-order valence-corrected chi connectivity index (χ0v) is 7.13. The fourth-order valence-corrected chi connectivity index (χ4v) is 1.47. The van der Waals surface area contributed by atoms with Crippen LogP contribution in [-0.4, -0.2) is 37.1 Å². The molecule has 0 bridgehead atoms. The summed E-state index contributed by atoms with van der Waals surface area (Å²) in [6, 6.07) is 0. The van der Waals surface area contributed by atoms with Gasteiger partial charge in [-0.2, -0.15) is 0 Å². The molecular weight excluding hydrogens is 159 g/mol. The standard InChI is InChI=1S/C8H15FN2O/c9-5-7-2-4-11(6-7)8(12)1-3-10/h7H,1-6,10H2. The number of nitrogens with two attached hydrogens (primary N) is 1. The zero-order valence-electron chi connectivity index (χ0n) is 7.13. The van der Waals surface area contributed by atoms with Gasteiger partial charge < -0.3 is 10.6 Å². The van der Waals surface area contributed by atoms with Gasteiger partial charge in [0.25, 0.3) is 0 Å². The van der Waals surface area contributed by atoms with Gasteiger partial charge in [0.05, 0.1) is 6.67 Å². The summed E-state index contributed by atoms with van der Waals surface area (Å²) in [4.78, 5) is 12.9. The number of hydrogen-bond acceptors (Lipinski definition) is 2. The largest absolute Gasteiger partial charge is 0.342 e. The molecule has 0 radical (unpaired) electrons. The molecule has 3 nitrogen and oxygen atoms in total. The molecule has 4 heteroatoms. The predicted octanol–water partition coefficient (Wildman–Crippen LogP) is 0.153. The molecule has 12 heavy (non-hydrogen) atoms. The molecular formula is C8H15FN2O. The van der Waals surface area contributed by atoms with Crippen LogP contribution in [0.25, 0.3) is 0 Å². The number of alkyl halides is 1. The normalized spacial score (nSPS) is 23.2. The molecule has 0 aromatic carbocycles. The van der Waals surface area contributed by atoms with Crippen LogP contribution in [0.3, 0.4) is 0 Å². The maximum atomic E-state index is 12.2. The first-order valence-corrected chi connectivity index (χ1v) is 4.31. The summed E-state index contributed by atoms with van der Waals surface area (Å²) in [7, 11) is 0. The summed E-state index contributed by atoms with van der Waals surface area (Å²) in [5.74, 6) is 0.125. The Morgan fingerprint density at radius 3 is 2.92 bits per heavy atom. The molecule has 2 N–H and O–H groups in total. The zero-order chi connectivity index (χ0) is 8.97. The molecule has 1 unspecified atom stereocenters. The van der Waals surface area contributed by atoms with Crippen molar-refractivity contribution in [3.05, 3.63) is 0 Å². The molecule has 0 spiro atoms. The fraction of sp³-hybridized carbons (Fsp3) is 0.875. The Bertz CT molecular complexity index is 163. The van der Waals surface area contributed by atoms with Crippen molar-refractivity contribution in [3.8, 4) is 0 Å². The number of likely N-dealkylation sites (tertiary alicyclic amines) is 1. The number of amides is 1. The van der Waals surface area contributed by atoms with Gasteiger partial charge in [-0.1, -0.05) is 0 Å². The van der Waals surface area contributed by atoms with Crippen molar-refractivity contribution in [1.29, 1.82) is 0 Å². The van der Waals surface area contributed by atoms with Crippen molar-refractivity contribution in [2.24, 2.45) is 11.7 Å². The van der Waals surface area contributed by atoms with Crippen molar-refractivity contribution in [3.63, 3.8) is 0 Å². The van der Waals surface area contributed by atoms with Gasteiger partial charge in [0.15, 0.2) is 0 Å². The summed E-state index contributed by atoms with van der Waals surface area (Å²) in [6.45, 7) is 1.35. The van der Waals surface area contributed by atoms with Crippen LogP contribution >= 0.6 is 0 Å². The van der Waals surface area contributed by atoms with E-state index in [9.17, 15) is 9.18 Å². The molecule has 1 amide bonds. The maximum Gasteiger partial charge on any atom is 0.223 e. The molecule has 1 fully saturated rings. The molecule has 0 aliphatic carbocycles. The number of halogens is 1. The molecule has 1 aliphatic heterocycles. The van der Waals surface area contributed by atoms with Crippen LogP contribution in [0.4, 0.5) is 4.39 Å². The minimum atomic E-state index is -0.313. The summed E-state index contributed by atoms with van der Waals surface area (Å²) in [5, 5.41) is 0. The van der Waals surface area contributed by atoms with Gasteiger partial charge in [0.2, 0.25) is 5.91 Å². The second kappa shape index (κ2) is 4.40. The van der Waals surface area contributed by atoms with E-state index in [0.29, 0.717) is 26.1 Å². The van der Waals surface area contributed by atoms with Crippen LogP contribution in [0.5, 0.6) is 0 Å². The topological polar surface area (TPSA) is 46.3 Å². The second-order valence-corrected chi connectivity index (χ2v) is 3.19. The lowest BCUT2D eigenvalue weighted by Gasteiger charge is -2.14. The third kappa shape index (κ3) is 2.17. The van der Waals surface area contributed by atoms with Crippen molar-refractivity contribution in [2.75, 3.05) is 26.3 Å². The van der Waals surface area contributed by atoms with E-state index in [0.717, 1.165) is 6.42 Å². The lowest BCUT2D eigenvalue weighted by atomic mass is 10.1. The van der Waals surface area contributed by atoms with E-state index in [1.54, 1.807) is 4.90 Å². The smallest absolute Gasteiger partial charge is 0.223 e. The Balaban J connectivity index is 2.31. The highest BCUT2D eigenvalue weighted by atomic mass is 19.1. The summed E-state index contributed by atoms with van der Waals surface area (Å²) in [6.07, 6.45) is 1.19. The van der Waals surface area contributed by atoms with E-state index in [4.69, 9.17) is 5.73 Å². The number of carbonyl (C=O) groups is 1. The Labute approximate surface area is 71.7 Å². The van der Waals surface area contributed by atoms with E-state index in [-0.39, 0.29) is 18.5 Å². The fourth-order valence-electron chi connectivity index (χ4n) is 1.47. The van der Waals surface area contributed by atoms with Crippen LogP contribution in [0, 0.1) is 5.92 Å². The molecule has 1 rings (SSSR count). The van der Waals surface area contributed by atoms with Crippen molar-refractivity contribution >= 4 is 5.91 Å². The molecule has 1 saturated heterocycles. The van der Waals surface area contributed by atoms with E-state index >= 15 is 0 Å². The predicted molar refractivity (Wildman–Crippen MR) is 44.3 cm³/mol. The summed E-state index contributed by atoms with van der Waals surface area (Å²) < 4.78 is 12.2. The SMILES string of the molecule is NCCC(=O)N1CCC(CF)C1. The highest BCUT2D eigenvalue weighted by molar-refractivity contribution is 5.76. The molecule has 1 atom stereocenters. The van der Waals surface area contributed by atoms with E-state index in [2.05, 4.69) is 0 Å². The monoisotopic (exact) mass is 174 g/mol. The van der Waals surface area contributed by atoms with E-state index in [1.807, 2.05) is 0 Å². The van der Waals surface area contributed by atoms with Crippen LogP contribution in [0.2, 0.25) is 0 Å². The Kier molecular flexibility index (Phi) is 3.47. The van der Waals surface area contributed by atoms with E-state index < -0.39 is 0 Å². The van der Waals surface area contributed by atoms with Crippen molar-refractivity contribution < 1.29 is 9.18 Å². The molecule has 1 aliphatic rings. The Morgan fingerprint density at radius 1 is 1.67 bits per heavy atom. The minimum absolute atomic E-state index is 0.0618. The third-order valence-corrected chi connectivity index (χ3v) is 2.21. The highest BCUT2D eigenvalue weighted by Gasteiger charge is 2.25. The number of nitrogens with zero attached hydrogens (tertiary/aromatic N) is 1. The van der Waals surface area contributed by atoms with Crippen LogP contribution in [0.1, 0.15) is 12.8 Å². The van der Waals surface area contributed by atoms with Gasteiger partial charge in [-0.3, -0.25) is 9.18 Å². The van der Waals surface area contributed by atoms with Gasteiger partial charge in [0, 0.05) is 32.0 Å². The number of hydrogen-bond donors (Lipinski definition) is 1. The number of carbonyl (C=O) groups excluding carboxylic acids is 1. The summed E-state index contributed by atoms with van der Waals surface area (Å²) in [5.41, 5.74) is 5.24. The van der Waals surface area contributed by atoms with Gasteiger partial charge in [-0.25, -0.2) is 0 Å². The van der Waals surface area contributed by atoms with Crippen molar-refractivity contribution in [2.45, 2.75) is 12.8 Å². The van der Waals surface area contributed by atoms with Crippen LogP contribution in [-0.2, 0) is 4.79 Å². The lowest BCUT2D eigenvalue weighted by Crippen LogP contribution is -2.30. The van der Waals surface area contributed by atoms with Gasteiger partial charge >= 0.3 is 0 Å². The molecule has 70 valence electrons. The van der Waals surface area contributed by atoms with Crippen molar-refractivity contribution in [1.82, 2.24) is 4.90 Å². The quantitative estimate of drug-likeness (QED) is 0.662. The maximum absolute atomic E-state index is 12.2. The first-order chi connectivity index (χ1) is 5.77. The molecule has 0 aromatic heterocycles. The van der Waals surface area contributed by atoms with Crippen LogP contribution < -0.4 is 5.73 Å². The molecule has 0 saturated carbocycles. The average molecular weight is 174 g/mol.